The maximum atomic E-state index is 12.1. The van der Waals surface area contributed by atoms with Gasteiger partial charge < -0.3 is 14.8 Å². The van der Waals surface area contributed by atoms with E-state index in [0.717, 1.165) is 24.8 Å². The van der Waals surface area contributed by atoms with Crippen LogP contribution in [0.1, 0.15) is 30.7 Å². The van der Waals surface area contributed by atoms with Crippen molar-refractivity contribution in [3.63, 3.8) is 0 Å². The van der Waals surface area contributed by atoms with E-state index < -0.39 is 0 Å². The molecule has 0 spiro atoms. The number of aromatic nitrogens is 1. The van der Waals surface area contributed by atoms with Crippen LogP contribution in [0.2, 0.25) is 0 Å². The van der Waals surface area contributed by atoms with Gasteiger partial charge in [-0.2, -0.15) is 0 Å². The third kappa shape index (κ3) is 3.79. The van der Waals surface area contributed by atoms with Gasteiger partial charge >= 0.3 is 0 Å². The Bertz CT molecular complexity index is 666. The van der Waals surface area contributed by atoms with Gasteiger partial charge in [-0.15, -0.1) is 0 Å². The fourth-order valence-electron chi connectivity index (χ4n) is 3.01. The smallest absolute Gasteiger partial charge is 0.226 e. The molecular formula is C18H22N2O3. The Labute approximate surface area is 135 Å². The molecule has 0 saturated heterocycles. The summed E-state index contributed by atoms with van der Waals surface area (Å²) in [6, 6.07) is 9.64. The van der Waals surface area contributed by atoms with Gasteiger partial charge in [0.05, 0.1) is 18.2 Å². The monoisotopic (exact) mass is 314 g/mol. The van der Waals surface area contributed by atoms with Gasteiger partial charge in [-0.3, -0.25) is 4.79 Å². The Hall–Kier alpha value is -2.14. The number of nitrogens with one attached hydrogen (secondary N) is 1. The van der Waals surface area contributed by atoms with Crippen LogP contribution in [0.4, 0.5) is 0 Å². The lowest BCUT2D eigenvalue weighted by Crippen LogP contribution is -2.33. The van der Waals surface area contributed by atoms with E-state index in [2.05, 4.69) is 10.3 Å². The Morgan fingerprint density at radius 3 is 2.83 bits per heavy atom. The maximum Gasteiger partial charge on any atom is 0.226 e. The summed E-state index contributed by atoms with van der Waals surface area (Å²) in [7, 11) is 0. The summed E-state index contributed by atoms with van der Waals surface area (Å²) in [6.07, 6.45) is 2.76. The average molecular weight is 314 g/mol. The zero-order chi connectivity index (χ0) is 16.2. The van der Waals surface area contributed by atoms with E-state index in [-0.39, 0.29) is 24.3 Å². The molecule has 2 atom stereocenters. The van der Waals surface area contributed by atoms with Gasteiger partial charge in [0.2, 0.25) is 11.8 Å². The first-order valence-corrected chi connectivity index (χ1v) is 8.10. The van der Waals surface area contributed by atoms with E-state index in [1.54, 1.807) is 0 Å². The highest BCUT2D eigenvalue weighted by atomic mass is 16.4. The zero-order valence-electron chi connectivity index (χ0n) is 13.3. The lowest BCUT2D eigenvalue weighted by Gasteiger charge is -2.14. The Morgan fingerprint density at radius 2 is 2.13 bits per heavy atom. The molecule has 0 bridgehead atoms. The second-order valence-electron chi connectivity index (χ2n) is 6.13. The molecule has 1 aliphatic rings. The fourth-order valence-corrected chi connectivity index (χ4v) is 3.01. The van der Waals surface area contributed by atoms with Gasteiger partial charge in [-0.1, -0.05) is 24.6 Å². The molecule has 0 aliphatic heterocycles. The van der Waals surface area contributed by atoms with Crippen molar-refractivity contribution in [2.75, 3.05) is 6.54 Å². The van der Waals surface area contributed by atoms with Crippen LogP contribution in [-0.2, 0) is 11.2 Å². The van der Waals surface area contributed by atoms with Crippen molar-refractivity contribution in [2.24, 2.45) is 5.92 Å². The molecule has 1 saturated carbocycles. The maximum absolute atomic E-state index is 12.1. The number of nitrogens with zero attached hydrogens (tertiary/aromatic N) is 1. The topological polar surface area (TPSA) is 75.4 Å². The minimum Gasteiger partial charge on any atom is -0.441 e. The van der Waals surface area contributed by atoms with E-state index in [9.17, 15) is 9.90 Å². The molecule has 1 aliphatic carbocycles. The summed E-state index contributed by atoms with van der Waals surface area (Å²) in [4.78, 5) is 16.5. The third-order valence-corrected chi connectivity index (χ3v) is 4.42. The number of oxazole rings is 1. The first-order chi connectivity index (χ1) is 11.1. The van der Waals surface area contributed by atoms with Crippen molar-refractivity contribution in [2.45, 2.75) is 38.7 Å². The minimum absolute atomic E-state index is 0.0832. The highest BCUT2D eigenvalue weighted by molar-refractivity contribution is 5.78. The first-order valence-electron chi connectivity index (χ1n) is 8.10. The van der Waals surface area contributed by atoms with Crippen molar-refractivity contribution in [3.05, 3.63) is 41.8 Å². The molecule has 122 valence electrons. The molecular weight excluding hydrogens is 292 g/mol. The van der Waals surface area contributed by atoms with Gasteiger partial charge in [0.1, 0.15) is 5.76 Å². The highest BCUT2D eigenvalue weighted by Crippen LogP contribution is 2.25. The van der Waals surface area contributed by atoms with Crippen LogP contribution in [0, 0.1) is 12.8 Å². The molecule has 1 amide bonds. The zero-order valence-corrected chi connectivity index (χ0v) is 13.3. The summed E-state index contributed by atoms with van der Waals surface area (Å²) in [5, 5.41) is 12.7. The van der Waals surface area contributed by atoms with Crippen molar-refractivity contribution in [1.29, 1.82) is 0 Å². The number of aliphatic hydroxyl groups excluding tert-OH is 1. The number of hydrogen-bond acceptors (Lipinski definition) is 4. The second-order valence-corrected chi connectivity index (χ2v) is 6.13. The molecule has 1 aromatic carbocycles. The fraction of sp³-hybridized carbons (Fsp3) is 0.444. The summed E-state index contributed by atoms with van der Waals surface area (Å²) < 4.78 is 5.67. The molecule has 0 radical (unpaired) electrons. The van der Waals surface area contributed by atoms with Crippen molar-refractivity contribution < 1.29 is 14.3 Å². The molecule has 2 aromatic rings. The molecule has 2 N–H and O–H groups in total. The normalized spacial score (nSPS) is 20.6. The Kier molecular flexibility index (Phi) is 4.76. The number of hydrogen-bond donors (Lipinski definition) is 2. The quantitative estimate of drug-likeness (QED) is 0.889. The van der Waals surface area contributed by atoms with E-state index in [0.29, 0.717) is 23.9 Å². The van der Waals surface area contributed by atoms with Crippen LogP contribution < -0.4 is 5.32 Å². The first kappa shape index (κ1) is 15.7. The summed E-state index contributed by atoms with van der Waals surface area (Å²) in [5.41, 5.74) is 1.56. The number of rotatable bonds is 5. The molecule has 5 nitrogen and oxygen atoms in total. The molecule has 2 unspecified atom stereocenters. The third-order valence-electron chi connectivity index (χ3n) is 4.42. The standard InChI is InChI=1S/C18H22N2O3/c1-12-15(20-18(23-12)13-6-3-2-4-7-13)10-17(22)19-11-14-8-5-9-16(14)21/h2-4,6-7,14,16,21H,5,8-11H2,1H3,(H,19,22). The second kappa shape index (κ2) is 6.96. The van der Waals surface area contributed by atoms with Gasteiger partial charge in [0, 0.05) is 18.0 Å². The number of amides is 1. The highest BCUT2D eigenvalue weighted by Gasteiger charge is 2.25. The Morgan fingerprint density at radius 1 is 1.35 bits per heavy atom. The molecule has 23 heavy (non-hydrogen) atoms. The molecule has 1 aromatic heterocycles. The van der Waals surface area contributed by atoms with E-state index in [1.807, 2.05) is 37.3 Å². The van der Waals surface area contributed by atoms with Crippen LogP contribution in [0.5, 0.6) is 0 Å². The van der Waals surface area contributed by atoms with Crippen LogP contribution in [0.3, 0.4) is 0 Å². The number of benzene rings is 1. The minimum atomic E-state index is -0.284. The SMILES string of the molecule is Cc1oc(-c2ccccc2)nc1CC(=O)NCC1CCCC1O. The predicted molar refractivity (Wildman–Crippen MR) is 86.7 cm³/mol. The van der Waals surface area contributed by atoms with E-state index in [1.165, 1.54) is 0 Å². The van der Waals surface area contributed by atoms with Crippen molar-refractivity contribution in [1.82, 2.24) is 10.3 Å². The lowest BCUT2D eigenvalue weighted by molar-refractivity contribution is -0.120. The van der Waals surface area contributed by atoms with Gasteiger partial charge in [0.25, 0.3) is 0 Å². The van der Waals surface area contributed by atoms with Crippen LogP contribution in [0.15, 0.2) is 34.7 Å². The van der Waals surface area contributed by atoms with Gasteiger partial charge in [-0.25, -0.2) is 4.98 Å². The molecule has 5 heteroatoms. The predicted octanol–water partition coefficient (Wildman–Crippen LogP) is 2.47. The van der Waals surface area contributed by atoms with Crippen LogP contribution >= 0.6 is 0 Å². The lowest BCUT2D eigenvalue weighted by atomic mass is 10.1. The number of aliphatic hydroxyl groups is 1. The van der Waals surface area contributed by atoms with Gasteiger partial charge in [-0.05, 0) is 31.9 Å². The molecule has 1 heterocycles. The Balaban J connectivity index is 1.59. The number of carbonyl (C=O) groups excluding carboxylic acids is 1. The van der Waals surface area contributed by atoms with E-state index >= 15 is 0 Å². The summed E-state index contributed by atoms with van der Waals surface area (Å²) in [5.74, 6) is 1.30. The van der Waals surface area contributed by atoms with Crippen molar-refractivity contribution >= 4 is 5.91 Å². The molecule has 1 fully saturated rings. The number of carbonyl (C=O) groups is 1. The average Bonchev–Trinajstić information content (AvgIpc) is 3.12. The van der Waals surface area contributed by atoms with Crippen molar-refractivity contribution in [3.8, 4) is 11.5 Å². The largest absolute Gasteiger partial charge is 0.441 e. The summed E-state index contributed by atoms with van der Waals surface area (Å²) in [6.45, 7) is 2.35. The van der Waals surface area contributed by atoms with Crippen LogP contribution in [-0.4, -0.2) is 28.6 Å². The molecule has 3 rings (SSSR count). The van der Waals surface area contributed by atoms with Gasteiger partial charge in [0.15, 0.2) is 0 Å². The summed E-state index contributed by atoms with van der Waals surface area (Å²) >= 11 is 0. The van der Waals surface area contributed by atoms with E-state index in [4.69, 9.17) is 4.42 Å². The number of aryl methyl sites for hydroxylation is 1. The van der Waals surface area contributed by atoms with Crippen LogP contribution in [0.25, 0.3) is 11.5 Å².